The number of pyridine rings is 1. The highest BCUT2D eigenvalue weighted by molar-refractivity contribution is 5.89. The zero-order chi connectivity index (χ0) is 29.7. The third-order valence-electron chi connectivity index (χ3n) is 9.89. The molecule has 7 aromatic rings. The Morgan fingerprint density at radius 3 is 1.96 bits per heavy atom. The fourth-order valence-corrected chi connectivity index (χ4v) is 7.90. The van der Waals surface area contributed by atoms with E-state index in [1.54, 1.807) is 0 Å². The molecule has 0 N–H and O–H groups in total. The molecule has 2 nitrogen and oxygen atoms in total. The van der Waals surface area contributed by atoms with Crippen LogP contribution in [0.25, 0.3) is 38.8 Å². The van der Waals surface area contributed by atoms with E-state index in [4.69, 9.17) is 4.98 Å². The van der Waals surface area contributed by atoms with Crippen molar-refractivity contribution in [2.24, 2.45) is 11.8 Å². The standard InChI is InChI=1S/C43H32N2/c1-2-14-33(15-3-1)45-40-21-11-5-13-32(40)28-41(45)30-22-24-31(25-23-30)42-34-16-6-8-18-36(34)43(37-19-9-7-17-35(37)42)39-27-26-29-12-4-10-20-38(29)44-39/h1-28,34,36,42-43H. The number of hydrogen-bond donors (Lipinski definition) is 0. The van der Waals surface area contributed by atoms with Gasteiger partial charge in [-0.3, -0.25) is 4.98 Å². The second-order valence-electron chi connectivity index (χ2n) is 12.3. The number of fused-ring (bicyclic) bond motifs is 4. The van der Waals surface area contributed by atoms with Crippen LogP contribution in [0.4, 0.5) is 0 Å². The van der Waals surface area contributed by atoms with Gasteiger partial charge in [-0.2, -0.15) is 0 Å². The monoisotopic (exact) mass is 576 g/mol. The predicted octanol–water partition coefficient (Wildman–Crippen LogP) is 10.5. The van der Waals surface area contributed by atoms with Gasteiger partial charge in [-0.05, 0) is 70.5 Å². The van der Waals surface area contributed by atoms with Crippen molar-refractivity contribution in [2.75, 3.05) is 0 Å². The maximum Gasteiger partial charge on any atom is 0.0705 e. The van der Waals surface area contributed by atoms with Crippen molar-refractivity contribution in [3.05, 3.63) is 192 Å². The average molecular weight is 577 g/mol. The molecule has 9 rings (SSSR count). The predicted molar refractivity (Wildman–Crippen MR) is 186 cm³/mol. The van der Waals surface area contributed by atoms with Crippen LogP contribution in [0.15, 0.2) is 170 Å². The summed E-state index contributed by atoms with van der Waals surface area (Å²) in [6, 6.07) is 53.0. The molecule has 0 amide bonds. The molecule has 0 fully saturated rings. The molecular weight excluding hydrogens is 544 g/mol. The van der Waals surface area contributed by atoms with Crippen LogP contribution < -0.4 is 0 Å². The van der Waals surface area contributed by atoms with Crippen molar-refractivity contribution in [3.8, 4) is 16.9 Å². The Labute approximate surface area is 263 Å². The molecule has 2 aromatic heterocycles. The Balaban J connectivity index is 1.16. The van der Waals surface area contributed by atoms with Crippen LogP contribution >= 0.6 is 0 Å². The van der Waals surface area contributed by atoms with E-state index in [1.165, 1.54) is 49.9 Å². The van der Waals surface area contributed by atoms with Gasteiger partial charge in [0.05, 0.1) is 16.7 Å². The first-order valence-corrected chi connectivity index (χ1v) is 15.9. The van der Waals surface area contributed by atoms with Gasteiger partial charge in [0.25, 0.3) is 0 Å². The van der Waals surface area contributed by atoms with Gasteiger partial charge in [-0.15, -0.1) is 0 Å². The molecule has 0 saturated carbocycles. The van der Waals surface area contributed by atoms with Crippen LogP contribution in [0, 0.1) is 11.8 Å². The first kappa shape index (κ1) is 26.0. The molecule has 2 heteroatoms. The third-order valence-corrected chi connectivity index (χ3v) is 9.89. The SMILES string of the molecule is C1=CC2C(c3ccc(-c4cc5ccccc5n4-c4ccccc4)cc3)c3ccccc3C(c3ccc4ccccc4n3)C2C=C1. The summed E-state index contributed by atoms with van der Waals surface area (Å²) in [6.45, 7) is 0. The second-order valence-corrected chi connectivity index (χ2v) is 12.3. The number of hydrogen-bond acceptors (Lipinski definition) is 1. The maximum absolute atomic E-state index is 5.22. The summed E-state index contributed by atoms with van der Waals surface area (Å²) < 4.78 is 2.38. The van der Waals surface area contributed by atoms with Gasteiger partial charge < -0.3 is 4.57 Å². The van der Waals surface area contributed by atoms with Crippen LogP contribution in [0.1, 0.15) is 34.2 Å². The maximum atomic E-state index is 5.22. The second kappa shape index (κ2) is 10.6. The number of allylic oxidation sites excluding steroid dienone is 4. The summed E-state index contributed by atoms with van der Waals surface area (Å²) >= 11 is 0. The van der Waals surface area contributed by atoms with E-state index >= 15 is 0 Å². The van der Waals surface area contributed by atoms with Gasteiger partial charge in [-0.1, -0.05) is 133 Å². The first-order chi connectivity index (χ1) is 22.3. The van der Waals surface area contributed by atoms with Crippen LogP contribution in [0.5, 0.6) is 0 Å². The van der Waals surface area contributed by atoms with Crippen molar-refractivity contribution in [2.45, 2.75) is 11.8 Å². The van der Waals surface area contributed by atoms with E-state index in [0.29, 0.717) is 11.8 Å². The highest BCUT2D eigenvalue weighted by Crippen LogP contribution is 2.53. The van der Waals surface area contributed by atoms with Crippen molar-refractivity contribution in [1.29, 1.82) is 0 Å². The van der Waals surface area contributed by atoms with Crippen LogP contribution in [-0.2, 0) is 0 Å². The highest BCUT2D eigenvalue weighted by Gasteiger charge is 2.42. The molecule has 0 spiro atoms. The lowest BCUT2D eigenvalue weighted by Crippen LogP contribution is -2.33. The summed E-state index contributed by atoms with van der Waals surface area (Å²) in [5, 5.41) is 2.43. The fraction of sp³-hybridized carbons (Fsp3) is 0.0930. The van der Waals surface area contributed by atoms with Gasteiger partial charge in [0.1, 0.15) is 0 Å². The third kappa shape index (κ3) is 4.29. The van der Waals surface area contributed by atoms with Crippen molar-refractivity contribution in [1.82, 2.24) is 9.55 Å². The lowest BCUT2D eigenvalue weighted by Gasteiger charge is -2.43. The minimum Gasteiger partial charge on any atom is -0.309 e. The average Bonchev–Trinajstić information content (AvgIpc) is 3.50. The van der Waals surface area contributed by atoms with Crippen LogP contribution in [0.2, 0.25) is 0 Å². The van der Waals surface area contributed by atoms with Gasteiger partial charge in [0, 0.05) is 34.0 Å². The molecule has 2 aliphatic carbocycles. The molecule has 45 heavy (non-hydrogen) atoms. The smallest absolute Gasteiger partial charge is 0.0705 e. The summed E-state index contributed by atoms with van der Waals surface area (Å²) in [6.07, 6.45) is 9.31. The van der Waals surface area contributed by atoms with E-state index in [0.717, 1.165) is 11.2 Å². The van der Waals surface area contributed by atoms with Crippen LogP contribution in [0.3, 0.4) is 0 Å². The van der Waals surface area contributed by atoms with E-state index in [2.05, 4.69) is 174 Å². The minimum atomic E-state index is 0.203. The van der Waals surface area contributed by atoms with E-state index in [1.807, 2.05) is 0 Å². The van der Waals surface area contributed by atoms with Crippen LogP contribution in [-0.4, -0.2) is 9.55 Å². The van der Waals surface area contributed by atoms with E-state index < -0.39 is 0 Å². The van der Waals surface area contributed by atoms with Crippen molar-refractivity contribution in [3.63, 3.8) is 0 Å². The molecule has 2 aliphatic rings. The Hall–Kier alpha value is -5.47. The Morgan fingerprint density at radius 2 is 1.16 bits per heavy atom. The molecule has 0 radical (unpaired) electrons. The first-order valence-electron chi connectivity index (χ1n) is 15.9. The Morgan fingerprint density at radius 1 is 0.511 bits per heavy atom. The summed E-state index contributed by atoms with van der Waals surface area (Å²) in [4.78, 5) is 5.22. The van der Waals surface area contributed by atoms with Gasteiger partial charge in [-0.25, -0.2) is 0 Å². The molecule has 2 heterocycles. The number of rotatable bonds is 4. The molecule has 214 valence electrons. The molecular formula is C43H32N2. The number of benzene rings is 5. The largest absolute Gasteiger partial charge is 0.309 e. The number of para-hydroxylation sites is 3. The van der Waals surface area contributed by atoms with Crippen molar-refractivity contribution >= 4 is 21.8 Å². The molecule has 4 atom stereocenters. The highest BCUT2D eigenvalue weighted by atomic mass is 15.0. The zero-order valence-corrected chi connectivity index (χ0v) is 24.9. The molecule has 0 bridgehead atoms. The number of nitrogens with zero attached hydrogens (tertiary/aromatic N) is 2. The van der Waals surface area contributed by atoms with E-state index in [9.17, 15) is 0 Å². The van der Waals surface area contributed by atoms with Gasteiger partial charge >= 0.3 is 0 Å². The minimum absolute atomic E-state index is 0.203. The lowest BCUT2D eigenvalue weighted by atomic mass is 9.60. The normalized spacial score (nSPS) is 20.3. The quantitative estimate of drug-likeness (QED) is 0.204. The summed E-state index contributed by atoms with van der Waals surface area (Å²) in [7, 11) is 0. The molecule has 5 aromatic carbocycles. The summed E-state index contributed by atoms with van der Waals surface area (Å²) in [5.74, 6) is 1.13. The molecule has 0 saturated heterocycles. The topological polar surface area (TPSA) is 17.8 Å². The van der Waals surface area contributed by atoms with E-state index in [-0.39, 0.29) is 11.8 Å². The lowest BCUT2D eigenvalue weighted by molar-refractivity contribution is 0.357. The Bertz CT molecular complexity index is 2240. The summed E-state index contributed by atoms with van der Waals surface area (Å²) in [5.41, 5.74) is 11.2. The van der Waals surface area contributed by atoms with Crippen molar-refractivity contribution < 1.29 is 0 Å². The van der Waals surface area contributed by atoms with Gasteiger partial charge in [0.15, 0.2) is 0 Å². The zero-order valence-electron chi connectivity index (χ0n) is 24.9. The molecule has 4 unspecified atom stereocenters. The number of aromatic nitrogens is 2. The molecule has 0 aliphatic heterocycles. The van der Waals surface area contributed by atoms with Gasteiger partial charge in [0.2, 0.25) is 0 Å². The fourth-order valence-electron chi connectivity index (χ4n) is 7.90. The Kier molecular flexibility index (Phi) is 6.12.